The van der Waals surface area contributed by atoms with Crippen molar-refractivity contribution >= 4 is 11.7 Å². The average Bonchev–Trinajstić information content (AvgIpc) is 2.36. The fourth-order valence-electron chi connectivity index (χ4n) is 1.80. The first kappa shape index (κ1) is 14.5. The topological polar surface area (TPSA) is 58.6 Å². The number of carboxylic acids is 1. The second kappa shape index (κ2) is 7.71. The zero-order chi connectivity index (χ0) is 13.4. The zero-order valence-electron chi connectivity index (χ0n) is 11.0. The number of nitrogens with one attached hydrogen (secondary N) is 1. The monoisotopic (exact) mass is 251 g/mol. The van der Waals surface area contributed by atoms with E-state index in [0.717, 1.165) is 24.1 Å². The van der Waals surface area contributed by atoms with E-state index in [4.69, 9.17) is 4.74 Å². The maximum absolute atomic E-state index is 11.2. The lowest BCUT2D eigenvalue weighted by Crippen LogP contribution is -2.29. The maximum atomic E-state index is 11.2. The normalized spacial score (nSPS) is 12.1. The quantitative estimate of drug-likeness (QED) is 0.746. The van der Waals surface area contributed by atoms with Gasteiger partial charge >= 0.3 is 5.97 Å². The lowest BCUT2D eigenvalue weighted by atomic mass is 10.1. The second-order valence-corrected chi connectivity index (χ2v) is 4.27. The SMILES string of the molecule is CCCCC(Nc1ccccc1COC)C(=O)O. The van der Waals surface area contributed by atoms with Gasteiger partial charge in [-0.05, 0) is 12.5 Å². The van der Waals surface area contributed by atoms with Crippen LogP contribution in [0.4, 0.5) is 5.69 Å². The Balaban J connectivity index is 2.76. The summed E-state index contributed by atoms with van der Waals surface area (Å²) in [6, 6.07) is 7.09. The van der Waals surface area contributed by atoms with Gasteiger partial charge in [0.1, 0.15) is 6.04 Å². The molecule has 0 radical (unpaired) electrons. The molecule has 0 heterocycles. The molecule has 0 fully saturated rings. The minimum Gasteiger partial charge on any atom is -0.480 e. The molecule has 0 aliphatic heterocycles. The molecular weight excluding hydrogens is 230 g/mol. The van der Waals surface area contributed by atoms with E-state index >= 15 is 0 Å². The summed E-state index contributed by atoms with van der Waals surface area (Å²) in [5.74, 6) is -0.810. The fourth-order valence-corrected chi connectivity index (χ4v) is 1.80. The molecule has 2 N–H and O–H groups in total. The van der Waals surface area contributed by atoms with Crippen LogP contribution in [-0.4, -0.2) is 24.2 Å². The molecule has 1 aromatic carbocycles. The third-order valence-electron chi connectivity index (χ3n) is 2.79. The number of methoxy groups -OCH3 is 1. The van der Waals surface area contributed by atoms with Crippen LogP contribution in [0.3, 0.4) is 0 Å². The molecule has 0 aliphatic rings. The van der Waals surface area contributed by atoms with Crippen molar-refractivity contribution < 1.29 is 14.6 Å². The van der Waals surface area contributed by atoms with Crippen molar-refractivity contribution in [2.24, 2.45) is 0 Å². The van der Waals surface area contributed by atoms with E-state index in [0.29, 0.717) is 13.0 Å². The van der Waals surface area contributed by atoms with E-state index in [1.54, 1.807) is 7.11 Å². The van der Waals surface area contributed by atoms with E-state index in [1.807, 2.05) is 24.3 Å². The zero-order valence-corrected chi connectivity index (χ0v) is 11.0. The Morgan fingerprint density at radius 1 is 1.44 bits per heavy atom. The van der Waals surface area contributed by atoms with Gasteiger partial charge in [-0.3, -0.25) is 0 Å². The van der Waals surface area contributed by atoms with E-state index in [-0.39, 0.29) is 0 Å². The van der Waals surface area contributed by atoms with Gasteiger partial charge in [0.05, 0.1) is 6.61 Å². The van der Waals surface area contributed by atoms with Crippen LogP contribution in [0, 0.1) is 0 Å². The number of anilines is 1. The van der Waals surface area contributed by atoms with Crippen LogP contribution in [0.15, 0.2) is 24.3 Å². The Kier molecular flexibility index (Phi) is 6.22. The minimum atomic E-state index is -0.810. The van der Waals surface area contributed by atoms with Crippen LogP contribution >= 0.6 is 0 Å². The molecule has 4 heteroatoms. The Morgan fingerprint density at radius 2 is 2.17 bits per heavy atom. The van der Waals surface area contributed by atoms with Crippen molar-refractivity contribution in [1.82, 2.24) is 0 Å². The molecule has 0 saturated carbocycles. The third kappa shape index (κ3) is 4.37. The van der Waals surface area contributed by atoms with Crippen molar-refractivity contribution in [1.29, 1.82) is 0 Å². The van der Waals surface area contributed by atoms with Gasteiger partial charge in [-0.25, -0.2) is 4.79 Å². The van der Waals surface area contributed by atoms with Gasteiger partial charge < -0.3 is 15.2 Å². The highest BCUT2D eigenvalue weighted by Crippen LogP contribution is 2.18. The summed E-state index contributed by atoms with van der Waals surface area (Å²) in [7, 11) is 1.63. The molecular formula is C14H21NO3. The summed E-state index contributed by atoms with van der Waals surface area (Å²) in [6.07, 6.45) is 2.52. The Morgan fingerprint density at radius 3 is 2.78 bits per heavy atom. The summed E-state index contributed by atoms with van der Waals surface area (Å²) >= 11 is 0. The highest BCUT2D eigenvalue weighted by atomic mass is 16.5. The van der Waals surface area contributed by atoms with Gasteiger partial charge in [0, 0.05) is 18.4 Å². The van der Waals surface area contributed by atoms with Gasteiger partial charge in [-0.2, -0.15) is 0 Å². The molecule has 100 valence electrons. The molecule has 4 nitrogen and oxygen atoms in total. The van der Waals surface area contributed by atoms with Gasteiger partial charge in [0.2, 0.25) is 0 Å². The summed E-state index contributed by atoms with van der Waals surface area (Å²) < 4.78 is 5.10. The lowest BCUT2D eigenvalue weighted by molar-refractivity contribution is -0.138. The number of hydrogen-bond donors (Lipinski definition) is 2. The summed E-state index contributed by atoms with van der Waals surface area (Å²) in [6.45, 7) is 2.53. The van der Waals surface area contributed by atoms with Crippen molar-refractivity contribution in [2.45, 2.75) is 38.8 Å². The average molecular weight is 251 g/mol. The number of carboxylic acid groups (broad SMARTS) is 1. The van der Waals surface area contributed by atoms with Crippen LogP contribution in [0.2, 0.25) is 0 Å². The Hall–Kier alpha value is -1.55. The molecule has 0 spiro atoms. The maximum Gasteiger partial charge on any atom is 0.326 e. The number of carbonyl (C=O) groups is 1. The fraction of sp³-hybridized carbons (Fsp3) is 0.500. The molecule has 1 unspecified atom stereocenters. The van der Waals surface area contributed by atoms with Gasteiger partial charge in [-0.1, -0.05) is 38.0 Å². The van der Waals surface area contributed by atoms with Crippen LogP contribution in [0.25, 0.3) is 0 Å². The highest BCUT2D eigenvalue weighted by molar-refractivity contribution is 5.77. The summed E-state index contributed by atoms with van der Waals surface area (Å²) in [5.41, 5.74) is 1.81. The predicted octanol–water partition coefficient (Wildman–Crippen LogP) is 2.89. The van der Waals surface area contributed by atoms with Crippen molar-refractivity contribution in [2.75, 3.05) is 12.4 Å². The number of ether oxygens (including phenoxy) is 1. The molecule has 0 saturated heterocycles. The smallest absolute Gasteiger partial charge is 0.326 e. The summed E-state index contributed by atoms with van der Waals surface area (Å²) in [5, 5.41) is 12.3. The summed E-state index contributed by atoms with van der Waals surface area (Å²) in [4.78, 5) is 11.2. The molecule has 0 aliphatic carbocycles. The molecule has 0 aromatic heterocycles. The minimum absolute atomic E-state index is 0.475. The van der Waals surface area contributed by atoms with Crippen LogP contribution in [0.5, 0.6) is 0 Å². The molecule has 1 atom stereocenters. The first-order valence-electron chi connectivity index (χ1n) is 6.25. The molecule has 0 amide bonds. The molecule has 1 aromatic rings. The van der Waals surface area contributed by atoms with E-state index in [9.17, 15) is 9.90 Å². The van der Waals surface area contributed by atoms with E-state index in [1.165, 1.54) is 0 Å². The third-order valence-corrected chi connectivity index (χ3v) is 2.79. The predicted molar refractivity (Wildman–Crippen MR) is 71.7 cm³/mol. The highest BCUT2D eigenvalue weighted by Gasteiger charge is 2.17. The Labute approximate surface area is 108 Å². The number of unbranched alkanes of at least 4 members (excludes halogenated alkanes) is 1. The van der Waals surface area contributed by atoms with Gasteiger partial charge in [-0.15, -0.1) is 0 Å². The van der Waals surface area contributed by atoms with Crippen molar-refractivity contribution in [3.8, 4) is 0 Å². The number of hydrogen-bond acceptors (Lipinski definition) is 3. The number of aliphatic carboxylic acids is 1. The van der Waals surface area contributed by atoms with Gasteiger partial charge in [0.25, 0.3) is 0 Å². The molecule has 1 rings (SSSR count). The second-order valence-electron chi connectivity index (χ2n) is 4.27. The van der Waals surface area contributed by atoms with Crippen molar-refractivity contribution in [3.63, 3.8) is 0 Å². The molecule has 0 bridgehead atoms. The van der Waals surface area contributed by atoms with Crippen molar-refractivity contribution in [3.05, 3.63) is 29.8 Å². The Bertz CT molecular complexity index is 379. The van der Waals surface area contributed by atoms with Gasteiger partial charge in [0.15, 0.2) is 0 Å². The first-order valence-corrected chi connectivity index (χ1v) is 6.25. The van der Waals surface area contributed by atoms with Crippen LogP contribution < -0.4 is 5.32 Å². The number of para-hydroxylation sites is 1. The molecule has 18 heavy (non-hydrogen) atoms. The van der Waals surface area contributed by atoms with Crippen LogP contribution in [-0.2, 0) is 16.1 Å². The number of rotatable bonds is 8. The standard InChI is InChI=1S/C14H21NO3/c1-3-4-8-13(14(16)17)15-12-9-6-5-7-11(12)10-18-2/h5-7,9,13,15H,3-4,8,10H2,1-2H3,(H,16,17). The first-order chi connectivity index (χ1) is 8.69. The number of benzene rings is 1. The van der Waals surface area contributed by atoms with E-state index < -0.39 is 12.0 Å². The van der Waals surface area contributed by atoms with Crippen LogP contribution in [0.1, 0.15) is 31.7 Å². The van der Waals surface area contributed by atoms with E-state index in [2.05, 4.69) is 12.2 Å². The lowest BCUT2D eigenvalue weighted by Gasteiger charge is -2.18. The largest absolute Gasteiger partial charge is 0.480 e.